The molecule has 0 saturated heterocycles. The van der Waals surface area contributed by atoms with Crippen LogP contribution < -0.4 is 5.73 Å². The highest BCUT2D eigenvalue weighted by Crippen LogP contribution is 2.21. The molecule has 0 aliphatic carbocycles. The van der Waals surface area contributed by atoms with Crippen molar-refractivity contribution in [3.63, 3.8) is 0 Å². The quantitative estimate of drug-likeness (QED) is 0.656. The Balaban J connectivity index is 3.28. The van der Waals surface area contributed by atoms with Crippen molar-refractivity contribution in [2.45, 2.75) is 27.2 Å². The van der Waals surface area contributed by atoms with Crippen molar-refractivity contribution in [1.29, 1.82) is 0 Å². The van der Waals surface area contributed by atoms with Crippen LogP contribution in [0.15, 0.2) is 0 Å². The number of nitrogens with two attached hydrogens (primary N) is 1. The number of carbonyl (C=O) groups is 1. The summed E-state index contributed by atoms with van der Waals surface area (Å²) < 4.78 is 0. The maximum absolute atomic E-state index is 11.1. The number of aromatic amines is 1. The van der Waals surface area contributed by atoms with Crippen molar-refractivity contribution in [2.24, 2.45) is 0 Å². The van der Waals surface area contributed by atoms with Gasteiger partial charge in [-0.2, -0.15) is 0 Å². The van der Waals surface area contributed by atoms with Crippen LogP contribution in [-0.4, -0.2) is 10.8 Å². The third-order valence-corrected chi connectivity index (χ3v) is 2.01. The molecular weight excluding hydrogens is 152 g/mol. The molecule has 1 aromatic rings. The van der Waals surface area contributed by atoms with Gasteiger partial charge in [0.25, 0.3) is 0 Å². The molecule has 3 heteroatoms. The average Bonchev–Trinajstić information content (AvgIpc) is 2.25. The number of nitrogen functional groups attached to an aromatic ring is 1. The van der Waals surface area contributed by atoms with Crippen LogP contribution in [0.25, 0.3) is 0 Å². The molecule has 12 heavy (non-hydrogen) atoms. The zero-order valence-electron chi connectivity index (χ0n) is 7.69. The van der Waals surface area contributed by atoms with E-state index in [1.54, 1.807) is 0 Å². The van der Waals surface area contributed by atoms with Gasteiger partial charge in [-0.1, -0.05) is 6.92 Å². The number of H-pyrrole nitrogens is 1. The van der Waals surface area contributed by atoms with Crippen LogP contribution in [0.2, 0.25) is 0 Å². The number of rotatable bonds is 2. The molecule has 3 N–H and O–H groups in total. The van der Waals surface area contributed by atoms with Crippen molar-refractivity contribution in [2.75, 3.05) is 5.73 Å². The van der Waals surface area contributed by atoms with Gasteiger partial charge in [0.2, 0.25) is 0 Å². The SMILES string of the molecule is CCc1[nH]c(C)c(C(C)=O)c1N. The van der Waals surface area contributed by atoms with Crippen molar-refractivity contribution in [3.8, 4) is 0 Å². The van der Waals surface area contributed by atoms with Gasteiger partial charge in [0.15, 0.2) is 5.78 Å². The summed E-state index contributed by atoms with van der Waals surface area (Å²) in [6, 6.07) is 0. The van der Waals surface area contributed by atoms with Crippen LogP contribution in [0, 0.1) is 6.92 Å². The van der Waals surface area contributed by atoms with E-state index in [-0.39, 0.29) is 5.78 Å². The van der Waals surface area contributed by atoms with Gasteiger partial charge < -0.3 is 10.7 Å². The average molecular weight is 166 g/mol. The minimum Gasteiger partial charge on any atom is -0.397 e. The van der Waals surface area contributed by atoms with Gasteiger partial charge in [0, 0.05) is 11.4 Å². The first-order chi connectivity index (χ1) is 5.57. The molecule has 0 aliphatic rings. The van der Waals surface area contributed by atoms with E-state index in [1.807, 2.05) is 13.8 Å². The lowest BCUT2D eigenvalue weighted by atomic mass is 10.1. The molecule has 0 unspecified atom stereocenters. The number of ketones is 1. The summed E-state index contributed by atoms with van der Waals surface area (Å²) in [5.41, 5.74) is 8.85. The smallest absolute Gasteiger partial charge is 0.163 e. The second kappa shape index (κ2) is 3.01. The number of hydrogen-bond donors (Lipinski definition) is 2. The Bertz CT molecular complexity index is 313. The Labute approximate surface area is 72.0 Å². The molecule has 0 saturated carbocycles. The molecule has 0 amide bonds. The Hall–Kier alpha value is -1.25. The summed E-state index contributed by atoms with van der Waals surface area (Å²) in [5.74, 6) is 0.0287. The van der Waals surface area contributed by atoms with Crippen LogP contribution in [0.1, 0.15) is 35.6 Å². The lowest BCUT2D eigenvalue weighted by Crippen LogP contribution is -1.98. The largest absolute Gasteiger partial charge is 0.397 e. The van der Waals surface area contributed by atoms with Gasteiger partial charge in [-0.25, -0.2) is 0 Å². The van der Waals surface area contributed by atoms with Crippen LogP contribution in [0.4, 0.5) is 5.69 Å². The Morgan fingerprint density at radius 1 is 1.58 bits per heavy atom. The summed E-state index contributed by atoms with van der Waals surface area (Å²) in [4.78, 5) is 14.2. The van der Waals surface area contributed by atoms with Gasteiger partial charge in [-0.05, 0) is 20.3 Å². The number of aryl methyl sites for hydroxylation is 2. The van der Waals surface area contributed by atoms with Gasteiger partial charge in [-0.15, -0.1) is 0 Å². The van der Waals surface area contributed by atoms with Gasteiger partial charge >= 0.3 is 0 Å². The lowest BCUT2D eigenvalue weighted by Gasteiger charge is -1.95. The van der Waals surface area contributed by atoms with Crippen LogP contribution in [-0.2, 0) is 6.42 Å². The van der Waals surface area contributed by atoms with E-state index in [0.29, 0.717) is 11.3 Å². The van der Waals surface area contributed by atoms with E-state index in [9.17, 15) is 4.79 Å². The molecule has 0 radical (unpaired) electrons. The summed E-state index contributed by atoms with van der Waals surface area (Å²) >= 11 is 0. The van der Waals surface area contributed by atoms with E-state index in [0.717, 1.165) is 17.8 Å². The summed E-state index contributed by atoms with van der Waals surface area (Å²) in [6.45, 7) is 5.41. The minimum absolute atomic E-state index is 0.0287. The van der Waals surface area contributed by atoms with Crippen LogP contribution in [0.3, 0.4) is 0 Å². The molecule has 1 heterocycles. The highest BCUT2D eigenvalue weighted by Gasteiger charge is 2.13. The summed E-state index contributed by atoms with van der Waals surface area (Å²) in [6.07, 6.45) is 0.833. The van der Waals surface area contributed by atoms with E-state index in [2.05, 4.69) is 4.98 Å². The molecule has 0 bridgehead atoms. The lowest BCUT2D eigenvalue weighted by molar-refractivity contribution is 0.101. The molecule has 0 fully saturated rings. The predicted molar refractivity (Wildman–Crippen MR) is 49.3 cm³/mol. The number of carbonyl (C=O) groups excluding carboxylic acids is 1. The van der Waals surface area contributed by atoms with Gasteiger partial charge in [-0.3, -0.25) is 4.79 Å². The van der Waals surface area contributed by atoms with Crippen LogP contribution in [0.5, 0.6) is 0 Å². The number of aromatic nitrogens is 1. The first kappa shape index (κ1) is 8.84. The zero-order chi connectivity index (χ0) is 9.30. The van der Waals surface area contributed by atoms with Crippen molar-refractivity contribution in [1.82, 2.24) is 4.98 Å². The highest BCUT2D eigenvalue weighted by molar-refractivity contribution is 6.00. The van der Waals surface area contributed by atoms with E-state index >= 15 is 0 Å². The van der Waals surface area contributed by atoms with E-state index < -0.39 is 0 Å². The standard InChI is InChI=1S/C9H14N2O/c1-4-7-9(10)8(6(3)12)5(2)11-7/h11H,4,10H2,1-3H3. The zero-order valence-corrected chi connectivity index (χ0v) is 7.69. The van der Waals surface area contributed by atoms with E-state index in [4.69, 9.17) is 5.73 Å². The van der Waals surface area contributed by atoms with Crippen molar-refractivity contribution < 1.29 is 4.79 Å². The number of nitrogens with one attached hydrogen (secondary N) is 1. The van der Waals surface area contributed by atoms with E-state index in [1.165, 1.54) is 6.92 Å². The maximum Gasteiger partial charge on any atom is 0.163 e. The number of anilines is 1. The normalized spacial score (nSPS) is 10.2. The molecule has 0 aliphatic heterocycles. The first-order valence-electron chi connectivity index (χ1n) is 4.05. The molecule has 0 aromatic carbocycles. The van der Waals surface area contributed by atoms with Crippen molar-refractivity contribution in [3.05, 3.63) is 17.0 Å². The Kier molecular flexibility index (Phi) is 2.22. The molecule has 1 aromatic heterocycles. The third-order valence-electron chi connectivity index (χ3n) is 2.01. The molecule has 3 nitrogen and oxygen atoms in total. The molecule has 1 rings (SSSR count). The minimum atomic E-state index is 0.0287. The highest BCUT2D eigenvalue weighted by atomic mass is 16.1. The second-order valence-corrected chi connectivity index (χ2v) is 2.93. The molecule has 0 spiro atoms. The fourth-order valence-electron chi connectivity index (χ4n) is 1.44. The molecule has 66 valence electrons. The second-order valence-electron chi connectivity index (χ2n) is 2.93. The van der Waals surface area contributed by atoms with Crippen LogP contribution >= 0.6 is 0 Å². The first-order valence-corrected chi connectivity index (χ1v) is 4.05. The summed E-state index contributed by atoms with van der Waals surface area (Å²) in [7, 11) is 0. The number of Topliss-reactive ketones (excluding diaryl/α,β-unsaturated/α-hetero) is 1. The maximum atomic E-state index is 11.1. The molecular formula is C9H14N2O. The Morgan fingerprint density at radius 2 is 2.17 bits per heavy atom. The van der Waals surface area contributed by atoms with Gasteiger partial charge in [0.1, 0.15) is 0 Å². The topological polar surface area (TPSA) is 58.9 Å². The van der Waals surface area contributed by atoms with Crippen molar-refractivity contribution >= 4 is 11.5 Å². The monoisotopic (exact) mass is 166 g/mol. The van der Waals surface area contributed by atoms with Gasteiger partial charge in [0.05, 0.1) is 11.3 Å². The Morgan fingerprint density at radius 3 is 2.42 bits per heavy atom. The fraction of sp³-hybridized carbons (Fsp3) is 0.444. The summed E-state index contributed by atoms with van der Waals surface area (Å²) in [5, 5.41) is 0. The third kappa shape index (κ3) is 1.22. The fourth-order valence-corrected chi connectivity index (χ4v) is 1.44. The number of hydrogen-bond acceptors (Lipinski definition) is 2. The predicted octanol–water partition coefficient (Wildman–Crippen LogP) is 1.67. The molecule has 0 atom stereocenters.